The van der Waals surface area contributed by atoms with Crippen molar-refractivity contribution in [2.24, 2.45) is 5.41 Å². The Morgan fingerprint density at radius 2 is 2.06 bits per heavy atom. The summed E-state index contributed by atoms with van der Waals surface area (Å²) >= 11 is 0. The van der Waals surface area contributed by atoms with E-state index in [1.54, 1.807) is 4.90 Å². The highest BCUT2D eigenvalue weighted by atomic mass is 16.2. The lowest BCUT2D eigenvalue weighted by atomic mass is 9.81. The van der Waals surface area contributed by atoms with E-state index in [0.29, 0.717) is 0 Å². The quantitative estimate of drug-likeness (QED) is 0.846. The molecule has 1 fully saturated rings. The van der Waals surface area contributed by atoms with Crippen molar-refractivity contribution in [3.05, 3.63) is 30.3 Å². The van der Waals surface area contributed by atoms with Crippen molar-refractivity contribution < 1.29 is 4.79 Å². The van der Waals surface area contributed by atoms with Gasteiger partial charge in [0.1, 0.15) is 0 Å². The van der Waals surface area contributed by atoms with Crippen LogP contribution in [-0.2, 0) is 4.79 Å². The van der Waals surface area contributed by atoms with Gasteiger partial charge < -0.3 is 10.2 Å². The number of nitrogens with zero attached hydrogens (tertiary/aromatic N) is 1. The first-order valence-corrected chi connectivity index (χ1v) is 6.17. The maximum atomic E-state index is 12.5. The van der Waals surface area contributed by atoms with Crippen molar-refractivity contribution in [2.45, 2.75) is 19.8 Å². The smallest absolute Gasteiger partial charge is 0.233 e. The van der Waals surface area contributed by atoms with Crippen LogP contribution in [0.5, 0.6) is 0 Å². The van der Waals surface area contributed by atoms with Gasteiger partial charge in [0.15, 0.2) is 0 Å². The van der Waals surface area contributed by atoms with Gasteiger partial charge in [-0.05, 0) is 38.4 Å². The van der Waals surface area contributed by atoms with Crippen molar-refractivity contribution >= 4 is 11.6 Å². The number of rotatable bonds is 2. The Balaban J connectivity index is 2.14. The van der Waals surface area contributed by atoms with Gasteiger partial charge in [0, 0.05) is 19.3 Å². The molecular weight excluding hydrogens is 212 g/mol. The number of benzene rings is 1. The highest BCUT2D eigenvalue weighted by Crippen LogP contribution is 2.29. The first kappa shape index (κ1) is 12.1. The summed E-state index contributed by atoms with van der Waals surface area (Å²) in [5.74, 6) is 0.205. The number of anilines is 1. The molecule has 0 spiro atoms. The van der Waals surface area contributed by atoms with E-state index in [-0.39, 0.29) is 11.3 Å². The summed E-state index contributed by atoms with van der Waals surface area (Å²) in [6, 6.07) is 9.82. The van der Waals surface area contributed by atoms with E-state index in [0.717, 1.165) is 31.6 Å². The predicted octanol–water partition coefficient (Wildman–Crippen LogP) is 2.04. The van der Waals surface area contributed by atoms with Gasteiger partial charge in [0.25, 0.3) is 0 Å². The predicted molar refractivity (Wildman–Crippen MR) is 70.1 cm³/mol. The second-order valence-electron chi connectivity index (χ2n) is 5.04. The van der Waals surface area contributed by atoms with Gasteiger partial charge in [-0.25, -0.2) is 0 Å². The number of amides is 1. The molecule has 0 aliphatic carbocycles. The minimum absolute atomic E-state index is 0.205. The average Bonchev–Trinajstić information content (AvgIpc) is 2.39. The molecule has 0 aromatic heterocycles. The summed E-state index contributed by atoms with van der Waals surface area (Å²) in [6.45, 7) is 3.86. The molecule has 2 rings (SSSR count). The van der Waals surface area contributed by atoms with Crippen LogP contribution in [0.2, 0.25) is 0 Å². The summed E-state index contributed by atoms with van der Waals surface area (Å²) in [7, 11) is 1.86. The lowest BCUT2D eigenvalue weighted by Crippen LogP contribution is -2.49. The van der Waals surface area contributed by atoms with Gasteiger partial charge in [-0.15, -0.1) is 0 Å². The molecule has 1 aliphatic heterocycles. The minimum Gasteiger partial charge on any atom is -0.316 e. The molecule has 1 aliphatic rings. The molecule has 1 atom stereocenters. The Hall–Kier alpha value is -1.35. The van der Waals surface area contributed by atoms with E-state index >= 15 is 0 Å². The number of hydrogen-bond acceptors (Lipinski definition) is 2. The number of nitrogens with one attached hydrogen (secondary N) is 1. The van der Waals surface area contributed by atoms with Crippen LogP contribution in [0.25, 0.3) is 0 Å². The van der Waals surface area contributed by atoms with Crippen molar-refractivity contribution in [2.75, 3.05) is 25.0 Å². The standard InChI is InChI=1S/C14H20N2O/c1-14(9-6-10-15-11-14)13(17)16(2)12-7-4-3-5-8-12/h3-5,7-8,15H,6,9-11H2,1-2H3. The van der Waals surface area contributed by atoms with E-state index in [2.05, 4.69) is 12.2 Å². The lowest BCUT2D eigenvalue weighted by molar-refractivity contribution is -0.128. The topological polar surface area (TPSA) is 32.3 Å². The number of hydrogen-bond donors (Lipinski definition) is 1. The zero-order chi connectivity index (χ0) is 12.3. The molecule has 92 valence electrons. The third-order valence-corrected chi connectivity index (χ3v) is 3.56. The lowest BCUT2D eigenvalue weighted by Gasteiger charge is -2.36. The van der Waals surface area contributed by atoms with Crippen molar-refractivity contribution in [1.29, 1.82) is 0 Å². The normalized spacial score (nSPS) is 24.4. The Labute approximate surface area is 103 Å². The summed E-state index contributed by atoms with van der Waals surface area (Å²) in [4.78, 5) is 14.3. The first-order valence-electron chi connectivity index (χ1n) is 6.17. The van der Waals surface area contributed by atoms with Crippen LogP contribution >= 0.6 is 0 Å². The van der Waals surface area contributed by atoms with Crippen molar-refractivity contribution in [3.63, 3.8) is 0 Å². The molecule has 0 bridgehead atoms. The van der Waals surface area contributed by atoms with Gasteiger partial charge in [-0.2, -0.15) is 0 Å². The fourth-order valence-corrected chi connectivity index (χ4v) is 2.41. The molecule has 17 heavy (non-hydrogen) atoms. The van der Waals surface area contributed by atoms with Gasteiger partial charge in [-0.3, -0.25) is 4.79 Å². The Bertz CT molecular complexity index is 382. The van der Waals surface area contributed by atoms with Crippen LogP contribution in [0.1, 0.15) is 19.8 Å². The highest BCUT2D eigenvalue weighted by Gasteiger charge is 2.36. The second kappa shape index (κ2) is 4.88. The maximum absolute atomic E-state index is 12.5. The monoisotopic (exact) mass is 232 g/mol. The first-order chi connectivity index (χ1) is 8.13. The van der Waals surface area contributed by atoms with Crippen LogP contribution in [0.15, 0.2) is 30.3 Å². The van der Waals surface area contributed by atoms with Crippen LogP contribution in [-0.4, -0.2) is 26.0 Å². The fourth-order valence-electron chi connectivity index (χ4n) is 2.41. The number of para-hydroxylation sites is 1. The van der Waals surface area contributed by atoms with Gasteiger partial charge >= 0.3 is 0 Å². The molecular formula is C14H20N2O. The van der Waals surface area contributed by atoms with E-state index in [9.17, 15) is 4.79 Å². The van der Waals surface area contributed by atoms with Crippen molar-refractivity contribution in [1.82, 2.24) is 5.32 Å². The van der Waals surface area contributed by atoms with Gasteiger partial charge in [-0.1, -0.05) is 18.2 Å². The van der Waals surface area contributed by atoms with Crippen molar-refractivity contribution in [3.8, 4) is 0 Å². The maximum Gasteiger partial charge on any atom is 0.233 e. The van der Waals surface area contributed by atoms with E-state index in [4.69, 9.17) is 0 Å². The van der Waals surface area contributed by atoms with Crippen LogP contribution < -0.4 is 10.2 Å². The molecule has 3 nitrogen and oxygen atoms in total. The number of carbonyl (C=O) groups is 1. The van der Waals surface area contributed by atoms with Crippen LogP contribution in [0, 0.1) is 5.41 Å². The molecule has 1 unspecified atom stereocenters. The highest BCUT2D eigenvalue weighted by molar-refractivity contribution is 5.97. The van der Waals surface area contributed by atoms with Gasteiger partial charge in [0.2, 0.25) is 5.91 Å². The van der Waals surface area contributed by atoms with E-state index in [1.807, 2.05) is 37.4 Å². The average molecular weight is 232 g/mol. The van der Waals surface area contributed by atoms with E-state index < -0.39 is 0 Å². The molecule has 0 radical (unpaired) electrons. The molecule has 1 amide bonds. The summed E-state index contributed by atoms with van der Waals surface area (Å²) < 4.78 is 0. The van der Waals surface area contributed by atoms with Crippen LogP contribution in [0.4, 0.5) is 5.69 Å². The Kier molecular flexibility index (Phi) is 3.48. The third-order valence-electron chi connectivity index (χ3n) is 3.56. The zero-order valence-corrected chi connectivity index (χ0v) is 10.6. The fraction of sp³-hybridized carbons (Fsp3) is 0.500. The Morgan fingerprint density at radius 1 is 1.35 bits per heavy atom. The minimum atomic E-state index is -0.261. The molecule has 1 saturated heterocycles. The number of carbonyl (C=O) groups excluding carboxylic acids is 1. The molecule has 0 saturated carbocycles. The molecule has 1 aromatic rings. The molecule has 3 heteroatoms. The largest absolute Gasteiger partial charge is 0.316 e. The Morgan fingerprint density at radius 3 is 2.65 bits per heavy atom. The SMILES string of the molecule is CN(C(=O)C1(C)CCCNC1)c1ccccc1. The molecule has 1 aromatic carbocycles. The summed E-state index contributed by atoms with van der Waals surface area (Å²) in [5.41, 5.74) is 0.701. The summed E-state index contributed by atoms with van der Waals surface area (Å²) in [6.07, 6.45) is 2.04. The summed E-state index contributed by atoms with van der Waals surface area (Å²) in [5, 5.41) is 3.32. The molecule has 1 heterocycles. The van der Waals surface area contributed by atoms with Gasteiger partial charge in [0.05, 0.1) is 5.41 Å². The van der Waals surface area contributed by atoms with Crippen LogP contribution in [0.3, 0.4) is 0 Å². The zero-order valence-electron chi connectivity index (χ0n) is 10.6. The molecule has 1 N–H and O–H groups in total. The third kappa shape index (κ3) is 2.50. The number of piperidine rings is 1. The second-order valence-corrected chi connectivity index (χ2v) is 5.04. The van der Waals surface area contributed by atoms with E-state index in [1.165, 1.54) is 0 Å².